The maximum atomic E-state index is 12.2. The summed E-state index contributed by atoms with van der Waals surface area (Å²) in [5.41, 5.74) is 0.835. The van der Waals surface area contributed by atoms with Gasteiger partial charge in [0.15, 0.2) is 0 Å². The number of nitrogens with zero attached hydrogens (tertiary/aromatic N) is 1. The van der Waals surface area contributed by atoms with Gasteiger partial charge in [-0.05, 0) is 33.8 Å². The van der Waals surface area contributed by atoms with E-state index in [1.807, 2.05) is 52.0 Å². The van der Waals surface area contributed by atoms with Gasteiger partial charge in [-0.15, -0.1) is 0 Å². The van der Waals surface area contributed by atoms with Crippen LogP contribution in [0, 0.1) is 0 Å². The van der Waals surface area contributed by atoms with Crippen LogP contribution in [0.5, 0.6) is 5.75 Å². The first-order valence-corrected chi connectivity index (χ1v) is 7.10. The van der Waals surface area contributed by atoms with Gasteiger partial charge in [0.1, 0.15) is 5.75 Å². The van der Waals surface area contributed by atoms with Crippen molar-refractivity contribution >= 4 is 11.8 Å². The SMILES string of the molecule is COc1ccccc1CNC(=O)C(=O)N(C(C)C)C(C)C. The smallest absolute Gasteiger partial charge is 0.312 e. The molecule has 21 heavy (non-hydrogen) atoms. The highest BCUT2D eigenvalue weighted by Crippen LogP contribution is 2.16. The fourth-order valence-corrected chi connectivity index (χ4v) is 2.28. The van der Waals surface area contributed by atoms with Gasteiger partial charge in [0.25, 0.3) is 0 Å². The van der Waals surface area contributed by atoms with E-state index in [2.05, 4.69) is 5.32 Å². The molecule has 1 aromatic rings. The molecule has 1 aromatic carbocycles. The molecule has 0 radical (unpaired) electrons. The minimum atomic E-state index is -0.594. The molecule has 5 nitrogen and oxygen atoms in total. The Morgan fingerprint density at radius 3 is 2.24 bits per heavy atom. The highest BCUT2D eigenvalue weighted by molar-refractivity contribution is 6.35. The summed E-state index contributed by atoms with van der Waals surface area (Å²) >= 11 is 0. The quantitative estimate of drug-likeness (QED) is 0.844. The summed E-state index contributed by atoms with van der Waals surface area (Å²) in [5, 5.41) is 2.65. The van der Waals surface area contributed by atoms with Crippen molar-refractivity contribution < 1.29 is 14.3 Å². The molecular formula is C16H24N2O3. The van der Waals surface area contributed by atoms with Crippen molar-refractivity contribution in [2.24, 2.45) is 0 Å². The number of rotatable bonds is 5. The fraction of sp³-hybridized carbons (Fsp3) is 0.500. The molecule has 0 unspecified atom stereocenters. The summed E-state index contributed by atoms with van der Waals surface area (Å²) in [6.45, 7) is 7.84. The molecular weight excluding hydrogens is 268 g/mol. The van der Waals surface area contributed by atoms with Crippen LogP contribution in [0.15, 0.2) is 24.3 Å². The summed E-state index contributed by atoms with van der Waals surface area (Å²) < 4.78 is 5.22. The molecule has 0 atom stereocenters. The van der Waals surface area contributed by atoms with E-state index in [0.29, 0.717) is 5.75 Å². The van der Waals surface area contributed by atoms with E-state index >= 15 is 0 Å². The van der Waals surface area contributed by atoms with Crippen molar-refractivity contribution in [1.82, 2.24) is 10.2 Å². The minimum Gasteiger partial charge on any atom is -0.496 e. The second kappa shape index (κ2) is 7.67. The van der Waals surface area contributed by atoms with Crippen molar-refractivity contribution in [1.29, 1.82) is 0 Å². The van der Waals surface area contributed by atoms with Crippen molar-refractivity contribution in [2.45, 2.75) is 46.3 Å². The lowest BCUT2D eigenvalue weighted by Crippen LogP contribution is -2.49. The molecule has 0 fully saturated rings. The number of methoxy groups -OCH3 is 1. The zero-order valence-corrected chi connectivity index (χ0v) is 13.3. The Morgan fingerprint density at radius 1 is 1.14 bits per heavy atom. The van der Waals surface area contributed by atoms with Gasteiger partial charge in [-0.3, -0.25) is 9.59 Å². The Kier molecular flexibility index (Phi) is 6.21. The molecule has 0 heterocycles. The molecule has 0 saturated heterocycles. The predicted octanol–water partition coefficient (Wildman–Crippen LogP) is 1.96. The maximum Gasteiger partial charge on any atom is 0.312 e. The third kappa shape index (κ3) is 4.48. The number of nitrogens with one attached hydrogen (secondary N) is 1. The Bertz CT molecular complexity index is 490. The fourth-order valence-electron chi connectivity index (χ4n) is 2.28. The zero-order chi connectivity index (χ0) is 16.0. The molecule has 1 N–H and O–H groups in total. The molecule has 0 aliphatic carbocycles. The van der Waals surface area contributed by atoms with E-state index < -0.39 is 11.8 Å². The van der Waals surface area contributed by atoms with Crippen LogP contribution < -0.4 is 10.1 Å². The van der Waals surface area contributed by atoms with Gasteiger partial charge >= 0.3 is 11.8 Å². The second-order valence-electron chi connectivity index (χ2n) is 5.39. The first kappa shape index (κ1) is 17.0. The lowest BCUT2D eigenvalue weighted by Gasteiger charge is -2.30. The molecule has 0 aliphatic heterocycles. The highest BCUT2D eigenvalue weighted by atomic mass is 16.5. The van der Waals surface area contributed by atoms with Crippen LogP contribution in [0.1, 0.15) is 33.3 Å². The Labute approximate surface area is 126 Å². The summed E-state index contributed by atoms with van der Waals surface area (Å²) in [6, 6.07) is 7.35. The van der Waals surface area contributed by atoms with E-state index in [-0.39, 0.29) is 18.6 Å². The predicted molar refractivity (Wildman–Crippen MR) is 82.0 cm³/mol. The average Bonchev–Trinajstić information content (AvgIpc) is 2.44. The second-order valence-corrected chi connectivity index (χ2v) is 5.39. The van der Waals surface area contributed by atoms with Crippen LogP contribution in [0.2, 0.25) is 0 Å². The molecule has 0 aliphatic rings. The van der Waals surface area contributed by atoms with Crippen LogP contribution in [0.4, 0.5) is 0 Å². The van der Waals surface area contributed by atoms with E-state index in [1.54, 1.807) is 12.0 Å². The van der Waals surface area contributed by atoms with Crippen LogP contribution >= 0.6 is 0 Å². The van der Waals surface area contributed by atoms with E-state index in [9.17, 15) is 9.59 Å². The number of benzene rings is 1. The topological polar surface area (TPSA) is 58.6 Å². The number of ether oxygens (including phenoxy) is 1. The molecule has 116 valence electrons. The highest BCUT2D eigenvalue weighted by Gasteiger charge is 2.26. The van der Waals surface area contributed by atoms with Gasteiger partial charge < -0.3 is 15.0 Å². The first-order chi connectivity index (χ1) is 9.88. The van der Waals surface area contributed by atoms with Crippen molar-refractivity contribution in [3.63, 3.8) is 0 Å². The van der Waals surface area contributed by atoms with Gasteiger partial charge in [0, 0.05) is 24.2 Å². The number of amides is 2. The van der Waals surface area contributed by atoms with Crippen LogP contribution in [-0.2, 0) is 16.1 Å². The number of hydrogen-bond donors (Lipinski definition) is 1. The van der Waals surface area contributed by atoms with Gasteiger partial charge in [-0.1, -0.05) is 18.2 Å². The van der Waals surface area contributed by atoms with Crippen molar-refractivity contribution in [3.8, 4) is 5.75 Å². The van der Waals surface area contributed by atoms with Gasteiger partial charge in [-0.25, -0.2) is 0 Å². The third-order valence-electron chi connectivity index (χ3n) is 3.17. The maximum absolute atomic E-state index is 12.2. The summed E-state index contributed by atoms with van der Waals surface area (Å²) in [5.74, 6) is -0.409. The van der Waals surface area contributed by atoms with Gasteiger partial charge in [0.05, 0.1) is 7.11 Å². The van der Waals surface area contributed by atoms with E-state index in [4.69, 9.17) is 4.74 Å². The van der Waals surface area contributed by atoms with Crippen LogP contribution in [-0.4, -0.2) is 35.9 Å². The molecule has 0 bridgehead atoms. The average molecular weight is 292 g/mol. The van der Waals surface area contributed by atoms with Gasteiger partial charge in [-0.2, -0.15) is 0 Å². The molecule has 0 saturated carbocycles. The summed E-state index contributed by atoms with van der Waals surface area (Å²) in [7, 11) is 1.57. The monoisotopic (exact) mass is 292 g/mol. The van der Waals surface area contributed by atoms with Crippen LogP contribution in [0.3, 0.4) is 0 Å². The lowest BCUT2D eigenvalue weighted by atomic mass is 10.2. The molecule has 5 heteroatoms. The number of carbonyl (C=O) groups excluding carboxylic acids is 2. The van der Waals surface area contributed by atoms with Gasteiger partial charge in [0.2, 0.25) is 0 Å². The molecule has 2 amide bonds. The number of para-hydroxylation sites is 1. The Morgan fingerprint density at radius 2 is 1.71 bits per heavy atom. The zero-order valence-electron chi connectivity index (χ0n) is 13.3. The summed E-state index contributed by atoms with van der Waals surface area (Å²) in [4.78, 5) is 25.8. The number of carbonyl (C=O) groups is 2. The third-order valence-corrected chi connectivity index (χ3v) is 3.17. The van der Waals surface area contributed by atoms with Crippen LogP contribution in [0.25, 0.3) is 0 Å². The standard InChI is InChI=1S/C16H24N2O3/c1-11(2)18(12(3)4)16(20)15(19)17-10-13-8-6-7-9-14(13)21-5/h6-9,11-12H,10H2,1-5H3,(H,17,19). The minimum absolute atomic E-state index is 0.0190. The van der Waals surface area contributed by atoms with Crippen molar-refractivity contribution in [2.75, 3.05) is 7.11 Å². The Balaban J connectivity index is 2.71. The Hall–Kier alpha value is -2.04. The lowest BCUT2D eigenvalue weighted by molar-refractivity contribution is -0.148. The van der Waals surface area contributed by atoms with E-state index in [0.717, 1.165) is 5.56 Å². The largest absolute Gasteiger partial charge is 0.496 e. The normalized spacial score (nSPS) is 10.6. The molecule has 0 aromatic heterocycles. The number of hydrogen-bond acceptors (Lipinski definition) is 3. The summed E-state index contributed by atoms with van der Waals surface area (Å²) in [6.07, 6.45) is 0. The molecule has 1 rings (SSSR count). The first-order valence-electron chi connectivity index (χ1n) is 7.10. The van der Waals surface area contributed by atoms with E-state index in [1.165, 1.54) is 0 Å². The van der Waals surface area contributed by atoms with Crippen molar-refractivity contribution in [3.05, 3.63) is 29.8 Å². The molecule has 0 spiro atoms.